The summed E-state index contributed by atoms with van der Waals surface area (Å²) in [7, 11) is 0. The third-order valence-electron chi connectivity index (χ3n) is 5.50. The van der Waals surface area contributed by atoms with Gasteiger partial charge in [-0.2, -0.15) is 0 Å². The van der Waals surface area contributed by atoms with Gasteiger partial charge in [-0.1, -0.05) is 48.0 Å². The highest BCUT2D eigenvalue weighted by molar-refractivity contribution is 6.42. The third kappa shape index (κ3) is 3.43. The van der Waals surface area contributed by atoms with Crippen LogP contribution in [0.4, 0.5) is 5.82 Å². The smallest absolute Gasteiger partial charge is 0.140 e. The highest BCUT2D eigenvalue weighted by atomic mass is 35.5. The molecule has 1 saturated heterocycles. The van der Waals surface area contributed by atoms with Gasteiger partial charge in [0.1, 0.15) is 12.1 Å². The summed E-state index contributed by atoms with van der Waals surface area (Å²) < 4.78 is 0. The number of fused-ring (bicyclic) bond motifs is 1. The van der Waals surface area contributed by atoms with Gasteiger partial charge in [-0.3, -0.25) is 0 Å². The van der Waals surface area contributed by atoms with Crippen LogP contribution >= 0.6 is 23.2 Å². The van der Waals surface area contributed by atoms with Crippen LogP contribution in [0.5, 0.6) is 0 Å². The van der Waals surface area contributed by atoms with Crippen molar-refractivity contribution >= 4 is 39.9 Å². The number of benzene rings is 2. The van der Waals surface area contributed by atoms with Gasteiger partial charge in [0.15, 0.2) is 0 Å². The number of anilines is 1. The number of halogens is 2. The Morgan fingerprint density at radius 2 is 1.96 bits per heavy atom. The van der Waals surface area contributed by atoms with Gasteiger partial charge in [0.25, 0.3) is 0 Å². The number of aromatic nitrogens is 2. The monoisotopic (exact) mass is 413 g/mol. The zero-order valence-electron chi connectivity index (χ0n) is 15.6. The number of aliphatic hydroxyl groups excluding tert-OH is 1. The maximum atomic E-state index is 9.95. The number of rotatable bonds is 3. The van der Waals surface area contributed by atoms with Crippen LogP contribution in [-0.2, 0) is 0 Å². The van der Waals surface area contributed by atoms with Gasteiger partial charge in [-0.25, -0.2) is 9.97 Å². The lowest BCUT2D eigenvalue weighted by Crippen LogP contribution is -2.43. The number of hydrogen-bond acceptors (Lipinski definition) is 4. The van der Waals surface area contributed by atoms with Crippen molar-refractivity contribution in [2.75, 3.05) is 11.4 Å². The van der Waals surface area contributed by atoms with Crippen molar-refractivity contribution in [1.82, 2.24) is 9.97 Å². The maximum Gasteiger partial charge on any atom is 0.140 e. The summed E-state index contributed by atoms with van der Waals surface area (Å²) in [5.41, 5.74) is 2.83. The van der Waals surface area contributed by atoms with E-state index in [1.165, 1.54) is 0 Å². The molecule has 1 aliphatic heterocycles. The quantitative estimate of drug-likeness (QED) is 0.513. The molecule has 0 aliphatic carbocycles. The molecule has 2 atom stereocenters. The Morgan fingerprint density at radius 3 is 2.71 bits per heavy atom. The number of hydrogen-bond donors (Lipinski definition) is 1. The molecule has 4 nitrogen and oxygen atoms in total. The molecule has 1 N–H and O–H groups in total. The zero-order chi connectivity index (χ0) is 19.8. The number of aliphatic hydroxyl groups is 1. The van der Waals surface area contributed by atoms with Crippen molar-refractivity contribution in [1.29, 1.82) is 0 Å². The predicted octanol–water partition coefficient (Wildman–Crippen LogP) is 6.28. The minimum absolute atomic E-state index is 0.0401. The molecule has 0 spiro atoms. The van der Waals surface area contributed by atoms with E-state index in [9.17, 15) is 5.11 Å². The summed E-state index contributed by atoms with van der Waals surface area (Å²) in [6, 6.07) is 11.9. The standard InChI is InChI=1S/C22H21Cl2N3O/c1-13-6-7-16(14(2)28)11-27(13)22-21-17(4-3-5-20(21)25-12-26-22)15-8-9-18(23)19(24)10-15/h3-5,8-10,12-13,16,28H,2,6-7,11H2,1H3. The molecule has 1 aromatic heterocycles. The summed E-state index contributed by atoms with van der Waals surface area (Å²) in [4.78, 5) is 11.4. The van der Waals surface area contributed by atoms with Gasteiger partial charge < -0.3 is 10.0 Å². The van der Waals surface area contributed by atoms with Crippen LogP contribution in [0, 0.1) is 5.92 Å². The molecule has 0 saturated carbocycles. The minimum Gasteiger partial charge on any atom is -0.513 e. The second kappa shape index (κ2) is 7.61. The summed E-state index contributed by atoms with van der Waals surface area (Å²) in [6.07, 6.45) is 3.49. The molecule has 4 rings (SSSR count). The van der Waals surface area contributed by atoms with E-state index in [1.807, 2.05) is 30.3 Å². The van der Waals surface area contributed by atoms with Crippen molar-refractivity contribution in [3.63, 3.8) is 0 Å². The van der Waals surface area contributed by atoms with Crippen LogP contribution in [0.3, 0.4) is 0 Å². The largest absolute Gasteiger partial charge is 0.513 e. The lowest BCUT2D eigenvalue weighted by atomic mass is 9.91. The van der Waals surface area contributed by atoms with Gasteiger partial charge in [0.2, 0.25) is 0 Å². The molecule has 6 heteroatoms. The van der Waals surface area contributed by atoms with Crippen molar-refractivity contribution < 1.29 is 5.11 Å². The van der Waals surface area contributed by atoms with Gasteiger partial charge in [-0.15, -0.1) is 0 Å². The second-order valence-electron chi connectivity index (χ2n) is 7.29. The third-order valence-corrected chi connectivity index (χ3v) is 6.24. The highest BCUT2D eigenvalue weighted by Gasteiger charge is 2.29. The summed E-state index contributed by atoms with van der Waals surface area (Å²) >= 11 is 12.4. The van der Waals surface area contributed by atoms with Crippen molar-refractivity contribution in [3.05, 3.63) is 65.1 Å². The average Bonchev–Trinajstić information content (AvgIpc) is 2.69. The molecular formula is C22H21Cl2N3O. The molecule has 144 valence electrons. The maximum absolute atomic E-state index is 9.95. The van der Waals surface area contributed by atoms with E-state index in [0.717, 1.165) is 40.7 Å². The Hall–Kier alpha value is -2.30. The summed E-state index contributed by atoms with van der Waals surface area (Å²) in [5, 5.41) is 12.0. The van der Waals surface area contributed by atoms with Gasteiger partial charge >= 0.3 is 0 Å². The SMILES string of the molecule is C=C(O)C1CCC(C)N(c2ncnc3cccc(-c4ccc(Cl)c(Cl)c4)c23)C1. The molecule has 0 radical (unpaired) electrons. The van der Waals surface area contributed by atoms with E-state index in [1.54, 1.807) is 12.4 Å². The van der Waals surface area contributed by atoms with Crippen molar-refractivity contribution in [2.24, 2.45) is 5.92 Å². The van der Waals surface area contributed by atoms with Crippen LogP contribution in [0.15, 0.2) is 55.1 Å². The van der Waals surface area contributed by atoms with Gasteiger partial charge in [-0.05, 0) is 49.1 Å². The van der Waals surface area contributed by atoms with Crippen molar-refractivity contribution in [3.8, 4) is 11.1 Å². The Balaban J connectivity index is 1.90. The van der Waals surface area contributed by atoms with Gasteiger partial charge in [0, 0.05) is 18.5 Å². The van der Waals surface area contributed by atoms with E-state index < -0.39 is 0 Å². The molecule has 1 fully saturated rings. The molecule has 2 aromatic carbocycles. The fraction of sp³-hybridized carbons (Fsp3) is 0.273. The zero-order valence-corrected chi connectivity index (χ0v) is 17.1. The average molecular weight is 414 g/mol. The molecule has 2 unspecified atom stereocenters. The summed E-state index contributed by atoms with van der Waals surface area (Å²) in [5.74, 6) is 1.14. The molecular weight excluding hydrogens is 393 g/mol. The lowest BCUT2D eigenvalue weighted by Gasteiger charge is -2.39. The molecule has 0 amide bonds. The number of nitrogens with zero attached hydrogens (tertiary/aromatic N) is 3. The molecule has 3 aromatic rings. The van der Waals surface area contributed by atoms with Crippen LogP contribution < -0.4 is 4.90 Å². The normalized spacial score (nSPS) is 19.8. The second-order valence-corrected chi connectivity index (χ2v) is 8.11. The van der Waals surface area contributed by atoms with E-state index in [2.05, 4.69) is 28.4 Å². The van der Waals surface area contributed by atoms with Crippen molar-refractivity contribution in [2.45, 2.75) is 25.8 Å². The fourth-order valence-electron chi connectivity index (χ4n) is 3.89. The summed E-state index contributed by atoms with van der Waals surface area (Å²) in [6.45, 7) is 6.61. The van der Waals surface area contributed by atoms with Crippen LogP contribution in [0.1, 0.15) is 19.8 Å². The highest BCUT2D eigenvalue weighted by Crippen LogP contribution is 2.38. The molecule has 0 bridgehead atoms. The Kier molecular flexibility index (Phi) is 5.17. The first kappa shape index (κ1) is 19.0. The Morgan fingerprint density at radius 1 is 1.14 bits per heavy atom. The Labute approximate surface area is 174 Å². The lowest BCUT2D eigenvalue weighted by molar-refractivity contribution is 0.287. The molecule has 2 heterocycles. The fourth-order valence-corrected chi connectivity index (χ4v) is 4.19. The van der Waals surface area contributed by atoms with E-state index in [0.29, 0.717) is 22.6 Å². The minimum atomic E-state index is 0.0401. The van der Waals surface area contributed by atoms with Crippen LogP contribution in [0.25, 0.3) is 22.0 Å². The van der Waals surface area contributed by atoms with Gasteiger partial charge in [0.05, 0.1) is 26.7 Å². The van der Waals surface area contributed by atoms with Crippen LogP contribution in [0.2, 0.25) is 10.0 Å². The Bertz CT molecular complexity index is 1050. The first-order chi connectivity index (χ1) is 13.5. The number of piperidine rings is 1. The van der Waals surface area contributed by atoms with E-state index in [-0.39, 0.29) is 11.7 Å². The molecule has 28 heavy (non-hydrogen) atoms. The van der Waals surface area contributed by atoms with E-state index in [4.69, 9.17) is 23.2 Å². The van der Waals surface area contributed by atoms with E-state index >= 15 is 0 Å². The first-order valence-electron chi connectivity index (χ1n) is 9.29. The molecule has 1 aliphatic rings. The predicted molar refractivity (Wildman–Crippen MR) is 116 cm³/mol. The van der Waals surface area contributed by atoms with Crippen LogP contribution in [-0.4, -0.2) is 27.7 Å². The first-order valence-corrected chi connectivity index (χ1v) is 10.0. The topological polar surface area (TPSA) is 49.2 Å².